The first-order chi connectivity index (χ1) is 11.5. The number of rotatable bonds is 4. The van der Waals surface area contributed by atoms with E-state index < -0.39 is 0 Å². The molecule has 0 radical (unpaired) electrons. The van der Waals surface area contributed by atoms with Gasteiger partial charge < -0.3 is 9.97 Å². The summed E-state index contributed by atoms with van der Waals surface area (Å²) in [7, 11) is 0. The van der Waals surface area contributed by atoms with E-state index in [1.807, 2.05) is 18.2 Å². The number of H-pyrrole nitrogens is 2. The quantitative estimate of drug-likeness (QED) is 0.380. The Morgan fingerprint density at radius 1 is 1.12 bits per heavy atom. The molecule has 0 unspecified atom stereocenters. The van der Waals surface area contributed by atoms with Crippen LogP contribution in [0.1, 0.15) is 41.3 Å². The maximum atomic E-state index is 12.2. The summed E-state index contributed by atoms with van der Waals surface area (Å²) in [5.74, 6) is 0.221. The van der Waals surface area contributed by atoms with E-state index in [1.54, 1.807) is 18.3 Å². The molecule has 3 rings (SSSR count). The first-order valence-corrected chi connectivity index (χ1v) is 8.09. The van der Waals surface area contributed by atoms with E-state index in [1.165, 1.54) is 5.56 Å². The molecule has 1 amide bonds. The van der Waals surface area contributed by atoms with Crippen molar-refractivity contribution >= 4 is 35.4 Å². The molecule has 0 spiro atoms. The number of amides is 1. The fourth-order valence-corrected chi connectivity index (χ4v) is 2.59. The highest BCUT2D eigenvalue weighted by molar-refractivity contribution is 7.71. The van der Waals surface area contributed by atoms with Crippen LogP contribution in [0, 0.1) is 4.77 Å². The third kappa shape index (κ3) is 3.60. The molecule has 122 valence electrons. The minimum Gasteiger partial charge on any atom is -0.331 e. The summed E-state index contributed by atoms with van der Waals surface area (Å²) in [5.41, 5.74) is 6.92. The molecule has 0 fully saturated rings. The van der Waals surface area contributed by atoms with Crippen LogP contribution in [0.25, 0.3) is 11.0 Å². The summed E-state index contributed by atoms with van der Waals surface area (Å²) >= 11 is 5.04. The minimum absolute atomic E-state index is 0.271. The van der Waals surface area contributed by atoms with Gasteiger partial charge in [-0.25, -0.2) is 5.43 Å². The number of benzene rings is 2. The van der Waals surface area contributed by atoms with Gasteiger partial charge >= 0.3 is 0 Å². The van der Waals surface area contributed by atoms with E-state index in [2.05, 4.69) is 46.5 Å². The lowest BCUT2D eigenvalue weighted by Crippen LogP contribution is -2.17. The number of fused-ring (bicyclic) bond motifs is 1. The largest absolute Gasteiger partial charge is 0.331 e. The summed E-state index contributed by atoms with van der Waals surface area (Å²) in [4.78, 5) is 18.1. The number of aromatic nitrogens is 2. The first-order valence-electron chi connectivity index (χ1n) is 7.68. The van der Waals surface area contributed by atoms with Crippen molar-refractivity contribution in [3.8, 4) is 0 Å². The Kier molecular flexibility index (Phi) is 4.57. The van der Waals surface area contributed by atoms with E-state index in [9.17, 15) is 4.79 Å². The Balaban J connectivity index is 1.68. The number of carbonyl (C=O) groups excluding carboxylic acids is 1. The highest BCUT2D eigenvalue weighted by Gasteiger charge is 2.06. The van der Waals surface area contributed by atoms with Crippen LogP contribution in [0.4, 0.5) is 0 Å². The summed E-state index contributed by atoms with van der Waals surface area (Å²) in [6.07, 6.45) is 1.63. The molecule has 0 aliphatic heterocycles. The van der Waals surface area contributed by atoms with Crippen molar-refractivity contribution in [2.24, 2.45) is 5.10 Å². The zero-order valence-electron chi connectivity index (χ0n) is 13.5. The van der Waals surface area contributed by atoms with Crippen LogP contribution in [0.5, 0.6) is 0 Å². The number of nitrogens with zero attached hydrogens (tertiary/aromatic N) is 1. The summed E-state index contributed by atoms with van der Waals surface area (Å²) in [5, 5.41) is 4.01. The van der Waals surface area contributed by atoms with Crippen LogP contribution in [-0.2, 0) is 0 Å². The molecule has 1 heterocycles. The number of aromatic amines is 2. The van der Waals surface area contributed by atoms with E-state index in [4.69, 9.17) is 12.2 Å². The third-order valence-corrected chi connectivity index (χ3v) is 3.97. The van der Waals surface area contributed by atoms with Gasteiger partial charge in [0.05, 0.1) is 17.2 Å². The molecule has 0 saturated carbocycles. The predicted molar refractivity (Wildman–Crippen MR) is 99.1 cm³/mol. The van der Waals surface area contributed by atoms with E-state index >= 15 is 0 Å². The monoisotopic (exact) mass is 338 g/mol. The standard InChI is InChI=1S/C18H18N4OS/c1-11(2)13-5-3-12(4-6-13)10-19-22-17(23)14-7-8-15-16(9-14)21-18(24)20-15/h3-11H,1-2H3,(H,22,23)(H2,20,21,24)/b19-10-. The van der Waals surface area contributed by atoms with Gasteiger partial charge in [0.1, 0.15) is 0 Å². The second-order valence-corrected chi connectivity index (χ2v) is 6.27. The number of carbonyl (C=O) groups is 1. The number of hydrazone groups is 1. The maximum Gasteiger partial charge on any atom is 0.271 e. The fourth-order valence-electron chi connectivity index (χ4n) is 2.37. The molecule has 2 aromatic carbocycles. The van der Waals surface area contributed by atoms with Gasteiger partial charge in [-0.05, 0) is 47.5 Å². The first kappa shape index (κ1) is 16.1. The van der Waals surface area contributed by atoms with Crippen LogP contribution in [0.15, 0.2) is 47.6 Å². The van der Waals surface area contributed by atoms with E-state index in [0.29, 0.717) is 16.3 Å². The summed E-state index contributed by atoms with van der Waals surface area (Å²) < 4.78 is 0.533. The van der Waals surface area contributed by atoms with Crippen molar-refractivity contribution in [2.45, 2.75) is 19.8 Å². The third-order valence-electron chi connectivity index (χ3n) is 3.76. The normalized spacial score (nSPS) is 11.5. The lowest BCUT2D eigenvalue weighted by atomic mass is 10.0. The van der Waals surface area contributed by atoms with Crippen LogP contribution in [0.3, 0.4) is 0 Å². The molecule has 5 nitrogen and oxygen atoms in total. The average molecular weight is 338 g/mol. The zero-order chi connectivity index (χ0) is 17.1. The molecule has 1 aromatic heterocycles. The number of imidazole rings is 1. The van der Waals surface area contributed by atoms with E-state index in [0.717, 1.165) is 16.6 Å². The van der Waals surface area contributed by atoms with Crippen LogP contribution < -0.4 is 5.43 Å². The van der Waals surface area contributed by atoms with Gasteiger partial charge in [0.2, 0.25) is 0 Å². The number of nitrogens with one attached hydrogen (secondary N) is 3. The van der Waals surface area contributed by atoms with Crippen LogP contribution >= 0.6 is 12.2 Å². The van der Waals surface area contributed by atoms with Gasteiger partial charge in [0, 0.05) is 5.56 Å². The van der Waals surface area contributed by atoms with E-state index in [-0.39, 0.29) is 5.91 Å². The topological polar surface area (TPSA) is 73.0 Å². The van der Waals surface area contributed by atoms with Gasteiger partial charge in [-0.15, -0.1) is 0 Å². The zero-order valence-corrected chi connectivity index (χ0v) is 14.3. The number of hydrogen-bond donors (Lipinski definition) is 3. The number of hydrogen-bond acceptors (Lipinski definition) is 3. The van der Waals surface area contributed by atoms with Crippen LogP contribution in [-0.4, -0.2) is 22.1 Å². The van der Waals surface area contributed by atoms with Gasteiger partial charge in [0.15, 0.2) is 4.77 Å². The van der Waals surface area contributed by atoms with Crippen molar-refractivity contribution < 1.29 is 4.79 Å². The highest BCUT2D eigenvalue weighted by Crippen LogP contribution is 2.14. The van der Waals surface area contributed by atoms with Crippen molar-refractivity contribution in [3.63, 3.8) is 0 Å². The predicted octanol–water partition coefficient (Wildman–Crippen LogP) is 4.11. The molecule has 0 bridgehead atoms. The summed E-state index contributed by atoms with van der Waals surface area (Å²) in [6.45, 7) is 4.30. The molecule has 0 saturated heterocycles. The van der Waals surface area contributed by atoms with Gasteiger partial charge in [-0.1, -0.05) is 38.1 Å². The Labute approximate surface area is 144 Å². The Morgan fingerprint density at radius 2 is 1.83 bits per heavy atom. The van der Waals surface area contributed by atoms with Crippen molar-refractivity contribution in [2.75, 3.05) is 0 Å². The minimum atomic E-state index is -0.271. The average Bonchev–Trinajstić information content (AvgIpc) is 2.94. The maximum absolute atomic E-state index is 12.2. The smallest absolute Gasteiger partial charge is 0.271 e. The molecular formula is C18H18N4OS. The molecule has 0 atom stereocenters. The molecular weight excluding hydrogens is 320 g/mol. The Bertz CT molecular complexity index is 951. The van der Waals surface area contributed by atoms with Gasteiger partial charge in [0.25, 0.3) is 5.91 Å². The highest BCUT2D eigenvalue weighted by atomic mass is 32.1. The second kappa shape index (κ2) is 6.80. The second-order valence-electron chi connectivity index (χ2n) is 5.86. The molecule has 6 heteroatoms. The van der Waals surface area contributed by atoms with Gasteiger partial charge in [-0.3, -0.25) is 4.79 Å². The lowest BCUT2D eigenvalue weighted by Gasteiger charge is -2.04. The molecule has 3 N–H and O–H groups in total. The SMILES string of the molecule is CC(C)c1ccc(/C=N\NC(=O)c2ccc3[nH]c(=S)[nH]c3c2)cc1. The van der Waals surface area contributed by atoms with Crippen molar-refractivity contribution in [1.82, 2.24) is 15.4 Å². The molecule has 24 heavy (non-hydrogen) atoms. The van der Waals surface area contributed by atoms with Crippen LogP contribution in [0.2, 0.25) is 0 Å². The Hall–Kier alpha value is -2.73. The molecule has 0 aliphatic rings. The Morgan fingerprint density at radius 3 is 2.54 bits per heavy atom. The van der Waals surface area contributed by atoms with Gasteiger partial charge in [-0.2, -0.15) is 5.10 Å². The molecule has 0 aliphatic carbocycles. The summed E-state index contributed by atoms with van der Waals surface area (Å²) in [6, 6.07) is 13.4. The van der Waals surface area contributed by atoms with Crippen molar-refractivity contribution in [3.05, 3.63) is 63.9 Å². The van der Waals surface area contributed by atoms with Crippen molar-refractivity contribution in [1.29, 1.82) is 0 Å². The fraction of sp³-hybridized carbons (Fsp3) is 0.167. The molecule has 3 aromatic rings. The lowest BCUT2D eigenvalue weighted by molar-refractivity contribution is 0.0955.